The van der Waals surface area contributed by atoms with Crippen molar-refractivity contribution in [2.45, 2.75) is 82.8 Å². The van der Waals surface area contributed by atoms with Crippen LogP contribution < -0.4 is 10.6 Å². The van der Waals surface area contributed by atoms with Gasteiger partial charge in [0.05, 0.1) is 10.6 Å². The van der Waals surface area contributed by atoms with Gasteiger partial charge in [0.2, 0.25) is 0 Å². The highest BCUT2D eigenvalue weighted by Crippen LogP contribution is 2.36. The van der Waals surface area contributed by atoms with Crippen LogP contribution in [0.1, 0.15) is 76.2 Å². The Morgan fingerprint density at radius 3 is 1.90 bits per heavy atom. The molecule has 1 fully saturated rings. The third-order valence-corrected chi connectivity index (χ3v) is 5.51. The van der Waals surface area contributed by atoms with Gasteiger partial charge < -0.3 is 10.6 Å². The van der Waals surface area contributed by atoms with E-state index in [-0.39, 0.29) is 11.7 Å². The van der Waals surface area contributed by atoms with Gasteiger partial charge in [-0.2, -0.15) is 13.2 Å². The third kappa shape index (κ3) is 8.25. The minimum atomic E-state index is -4.65. The van der Waals surface area contributed by atoms with E-state index in [1.54, 1.807) is 0 Å². The summed E-state index contributed by atoms with van der Waals surface area (Å²) in [6.45, 7) is 0. The van der Waals surface area contributed by atoms with E-state index < -0.39 is 28.6 Å². The molecule has 29 heavy (non-hydrogen) atoms. The standard InChI is InChI=1S/C21H28ClF3N2O2/c22-18-13-12-16(14-17(18)21(23,24)25)27-20(29)19(28)26-15-10-8-6-4-2-1-3-5-7-9-11-15/h12-15H,1-11H2,(H,26,28)(H,27,29). The van der Waals surface area contributed by atoms with Crippen molar-refractivity contribution >= 4 is 29.1 Å². The van der Waals surface area contributed by atoms with Crippen LogP contribution in [0.5, 0.6) is 0 Å². The molecule has 0 atom stereocenters. The van der Waals surface area contributed by atoms with Gasteiger partial charge in [-0.05, 0) is 31.0 Å². The average Bonchev–Trinajstić information content (AvgIpc) is 2.64. The summed E-state index contributed by atoms with van der Waals surface area (Å²) in [4.78, 5) is 24.4. The van der Waals surface area contributed by atoms with E-state index in [1.165, 1.54) is 38.2 Å². The molecular formula is C21H28ClF3N2O2. The van der Waals surface area contributed by atoms with Crippen molar-refractivity contribution in [3.05, 3.63) is 28.8 Å². The number of carbonyl (C=O) groups is 2. The van der Waals surface area contributed by atoms with E-state index >= 15 is 0 Å². The molecule has 1 aliphatic carbocycles. The van der Waals surface area contributed by atoms with Gasteiger partial charge in [-0.25, -0.2) is 0 Å². The van der Waals surface area contributed by atoms with Gasteiger partial charge in [0, 0.05) is 11.7 Å². The van der Waals surface area contributed by atoms with Gasteiger partial charge in [-0.15, -0.1) is 0 Å². The summed E-state index contributed by atoms with van der Waals surface area (Å²) < 4.78 is 38.8. The molecule has 1 aliphatic rings. The number of benzene rings is 1. The third-order valence-electron chi connectivity index (χ3n) is 5.18. The van der Waals surface area contributed by atoms with Crippen molar-refractivity contribution in [2.24, 2.45) is 0 Å². The zero-order valence-electron chi connectivity index (χ0n) is 16.4. The van der Waals surface area contributed by atoms with Crippen LogP contribution in [0.2, 0.25) is 5.02 Å². The van der Waals surface area contributed by atoms with Crippen LogP contribution in [0.3, 0.4) is 0 Å². The minimum Gasteiger partial charge on any atom is -0.345 e. The maximum Gasteiger partial charge on any atom is 0.417 e. The van der Waals surface area contributed by atoms with Crippen molar-refractivity contribution in [2.75, 3.05) is 5.32 Å². The average molecular weight is 433 g/mol. The van der Waals surface area contributed by atoms with Crippen LogP contribution >= 0.6 is 11.6 Å². The number of hydrogen-bond acceptors (Lipinski definition) is 2. The van der Waals surface area contributed by atoms with Gasteiger partial charge in [-0.1, -0.05) is 69.4 Å². The van der Waals surface area contributed by atoms with Crippen LogP contribution in [0, 0.1) is 0 Å². The summed E-state index contributed by atoms with van der Waals surface area (Å²) in [5.74, 6) is -1.81. The van der Waals surface area contributed by atoms with E-state index in [0.29, 0.717) is 0 Å². The predicted octanol–water partition coefficient (Wildman–Crippen LogP) is 6.09. The van der Waals surface area contributed by atoms with Gasteiger partial charge in [-0.3, -0.25) is 9.59 Å². The summed E-state index contributed by atoms with van der Waals surface area (Å²) in [7, 11) is 0. The van der Waals surface area contributed by atoms with Crippen LogP contribution in [-0.2, 0) is 15.8 Å². The first-order valence-electron chi connectivity index (χ1n) is 10.3. The number of anilines is 1. The molecular weight excluding hydrogens is 405 g/mol. The molecule has 2 amide bonds. The van der Waals surface area contributed by atoms with Crippen molar-refractivity contribution in [1.29, 1.82) is 0 Å². The lowest BCUT2D eigenvalue weighted by atomic mass is 9.98. The topological polar surface area (TPSA) is 58.2 Å². The van der Waals surface area contributed by atoms with Crippen molar-refractivity contribution in [1.82, 2.24) is 5.32 Å². The Morgan fingerprint density at radius 2 is 1.38 bits per heavy atom. The molecule has 0 aromatic heterocycles. The van der Waals surface area contributed by atoms with Crippen LogP contribution in [0.4, 0.5) is 18.9 Å². The molecule has 1 saturated carbocycles. The van der Waals surface area contributed by atoms with Crippen LogP contribution in [0.25, 0.3) is 0 Å². The second kappa shape index (κ2) is 11.4. The maximum atomic E-state index is 12.9. The molecule has 2 N–H and O–H groups in total. The molecule has 2 rings (SSSR count). The summed E-state index contributed by atoms with van der Waals surface area (Å²) >= 11 is 5.57. The van der Waals surface area contributed by atoms with Gasteiger partial charge in [0.1, 0.15) is 0 Å². The molecule has 162 valence electrons. The van der Waals surface area contributed by atoms with Crippen molar-refractivity contribution < 1.29 is 22.8 Å². The van der Waals surface area contributed by atoms with Gasteiger partial charge in [0.15, 0.2) is 0 Å². The Balaban J connectivity index is 1.93. The highest BCUT2D eigenvalue weighted by atomic mass is 35.5. The molecule has 4 nitrogen and oxygen atoms in total. The quantitative estimate of drug-likeness (QED) is 0.556. The SMILES string of the molecule is O=C(Nc1ccc(Cl)c(C(F)(F)F)c1)C(=O)NC1CCCCCCCCCCC1. The molecule has 0 unspecified atom stereocenters. The number of halogens is 4. The minimum absolute atomic E-state index is 0.0939. The fourth-order valence-electron chi connectivity index (χ4n) is 3.57. The lowest BCUT2D eigenvalue weighted by Gasteiger charge is -2.19. The molecule has 0 bridgehead atoms. The Morgan fingerprint density at radius 1 is 0.862 bits per heavy atom. The normalized spacial score (nSPS) is 17.7. The lowest BCUT2D eigenvalue weighted by Crippen LogP contribution is -2.42. The fourth-order valence-corrected chi connectivity index (χ4v) is 3.79. The second-order valence-corrected chi connectivity index (χ2v) is 7.98. The number of rotatable bonds is 2. The number of alkyl halides is 3. The zero-order valence-corrected chi connectivity index (χ0v) is 17.2. The highest BCUT2D eigenvalue weighted by molar-refractivity contribution is 6.39. The summed E-state index contributed by atoms with van der Waals surface area (Å²) in [6.07, 6.45) is 7.25. The zero-order chi connectivity index (χ0) is 21.3. The van der Waals surface area contributed by atoms with Gasteiger partial charge in [0.25, 0.3) is 0 Å². The molecule has 0 radical (unpaired) electrons. The number of hydrogen-bond donors (Lipinski definition) is 2. The molecule has 8 heteroatoms. The fraction of sp³-hybridized carbons (Fsp3) is 0.619. The second-order valence-electron chi connectivity index (χ2n) is 7.58. The molecule has 0 aliphatic heterocycles. The molecule has 0 spiro atoms. The van der Waals surface area contributed by atoms with Crippen LogP contribution in [-0.4, -0.2) is 17.9 Å². The number of nitrogens with one attached hydrogen (secondary N) is 2. The van der Waals surface area contributed by atoms with E-state index in [9.17, 15) is 22.8 Å². The first kappa shape index (κ1) is 23.5. The van der Waals surface area contributed by atoms with Crippen molar-refractivity contribution in [3.8, 4) is 0 Å². The van der Waals surface area contributed by atoms with Gasteiger partial charge >= 0.3 is 18.0 Å². The number of carbonyl (C=O) groups excluding carboxylic acids is 2. The Labute approximate surface area is 174 Å². The molecule has 0 heterocycles. The summed E-state index contributed by atoms with van der Waals surface area (Å²) in [5, 5.41) is 4.51. The molecule has 1 aromatic rings. The smallest absolute Gasteiger partial charge is 0.345 e. The summed E-state index contributed by atoms with van der Waals surface area (Å²) in [5.41, 5.74) is -1.18. The molecule has 1 aromatic carbocycles. The molecule has 0 saturated heterocycles. The largest absolute Gasteiger partial charge is 0.417 e. The van der Waals surface area contributed by atoms with E-state index in [4.69, 9.17) is 11.6 Å². The summed E-state index contributed by atoms with van der Waals surface area (Å²) in [6, 6.07) is 2.91. The Hall–Kier alpha value is -1.76. The monoisotopic (exact) mass is 432 g/mol. The van der Waals surface area contributed by atoms with E-state index in [2.05, 4.69) is 10.6 Å². The van der Waals surface area contributed by atoms with E-state index in [0.717, 1.165) is 50.7 Å². The lowest BCUT2D eigenvalue weighted by molar-refractivity contribution is -0.137. The first-order chi connectivity index (χ1) is 13.8. The predicted molar refractivity (Wildman–Crippen MR) is 108 cm³/mol. The Bertz CT molecular complexity index is 683. The highest BCUT2D eigenvalue weighted by Gasteiger charge is 2.33. The van der Waals surface area contributed by atoms with Crippen LogP contribution in [0.15, 0.2) is 18.2 Å². The van der Waals surface area contributed by atoms with E-state index in [1.807, 2.05) is 0 Å². The van der Waals surface area contributed by atoms with Crippen molar-refractivity contribution in [3.63, 3.8) is 0 Å². The maximum absolute atomic E-state index is 12.9. The first-order valence-corrected chi connectivity index (χ1v) is 10.6. The number of amides is 2. The Kier molecular flexibility index (Phi) is 9.27.